The number of aromatic nitrogens is 2. The maximum Gasteiger partial charge on any atom is 0.317 e. The van der Waals surface area contributed by atoms with Crippen LogP contribution >= 0.6 is 0 Å². The van der Waals surface area contributed by atoms with Crippen LogP contribution in [0.1, 0.15) is 36.5 Å². The van der Waals surface area contributed by atoms with Gasteiger partial charge in [0.05, 0.1) is 4.92 Å². The number of nitrogens with zero attached hydrogens (tertiary/aromatic N) is 5. The molecule has 1 fully saturated rings. The minimum Gasteiger partial charge on any atom is -0.353 e. The number of hydrogen-bond acceptors (Lipinski definition) is 6. The lowest BCUT2D eigenvalue weighted by Gasteiger charge is -2.36. The molecule has 1 N–H and O–H groups in total. The second-order valence-corrected chi connectivity index (χ2v) is 7.84. The van der Waals surface area contributed by atoms with E-state index in [-0.39, 0.29) is 17.8 Å². The van der Waals surface area contributed by atoms with Gasteiger partial charge in [-0.1, -0.05) is 12.1 Å². The van der Waals surface area contributed by atoms with Crippen LogP contribution in [0.4, 0.5) is 16.3 Å². The molecule has 1 aliphatic heterocycles. The number of nitro benzene ring substituents is 1. The predicted octanol–water partition coefficient (Wildman–Crippen LogP) is 2.83. The zero-order valence-electron chi connectivity index (χ0n) is 17.9. The molecule has 9 heteroatoms. The molecule has 160 valence electrons. The van der Waals surface area contributed by atoms with Gasteiger partial charge in [-0.15, -0.1) is 0 Å². The average Bonchev–Trinajstić information content (AvgIpc) is 2.70. The third-order valence-electron chi connectivity index (χ3n) is 5.11. The van der Waals surface area contributed by atoms with E-state index in [1.807, 2.05) is 32.6 Å². The first-order chi connectivity index (χ1) is 14.2. The van der Waals surface area contributed by atoms with Gasteiger partial charge >= 0.3 is 6.03 Å². The van der Waals surface area contributed by atoms with E-state index in [1.165, 1.54) is 12.1 Å². The molecular weight excluding hydrogens is 384 g/mol. The van der Waals surface area contributed by atoms with E-state index in [9.17, 15) is 14.9 Å². The molecular formula is C21H28N6O3. The summed E-state index contributed by atoms with van der Waals surface area (Å²) in [5.41, 5.74) is 2.95. The largest absolute Gasteiger partial charge is 0.353 e. The number of non-ortho nitro benzene ring substituents is 1. The Balaban J connectivity index is 1.79. The number of piperazine rings is 1. The highest BCUT2D eigenvalue weighted by atomic mass is 16.6. The van der Waals surface area contributed by atoms with Gasteiger partial charge in [0.1, 0.15) is 11.6 Å². The van der Waals surface area contributed by atoms with Crippen molar-refractivity contribution in [3.05, 3.63) is 57.0 Å². The summed E-state index contributed by atoms with van der Waals surface area (Å²) in [6.45, 7) is 10.4. The van der Waals surface area contributed by atoms with Gasteiger partial charge in [-0.3, -0.25) is 10.1 Å². The van der Waals surface area contributed by atoms with Crippen LogP contribution in [0.5, 0.6) is 0 Å². The zero-order chi connectivity index (χ0) is 21.8. The number of nitrogens with one attached hydrogen (secondary N) is 1. The Hall–Kier alpha value is -3.23. The van der Waals surface area contributed by atoms with Gasteiger partial charge in [-0.25, -0.2) is 14.8 Å². The molecule has 0 atom stereocenters. The summed E-state index contributed by atoms with van der Waals surface area (Å²) in [6, 6.07) is 6.66. The number of benzene rings is 1. The summed E-state index contributed by atoms with van der Waals surface area (Å²) >= 11 is 0. The van der Waals surface area contributed by atoms with Crippen molar-refractivity contribution in [3.63, 3.8) is 0 Å². The molecule has 1 aromatic carbocycles. The first-order valence-corrected chi connectivity index (χ1v) is 10.1. The fourth-order valence-corrected chi connectivity index (χ4v) is 3.59. The lowest BCUT2D eigenvalue weighted by molar-refractivity contribution is -0.384. The molecule has 0 saturated carbocycles. The molecule has 0 unspecified atom stereocenters. The molecule has 0 bridgehead atoms. The van der Waals surface area contributed by atoms with Gasteiger partial charge in [-0.2, -0.15) is 0 Å². The molecule has 3 rings (SSSR count). The third-order valence-corrected chi connectivity index (χ3v) is 5.11. The maximum absolute atomic E-state index is 12.3. The maximum atomic E-state index is 12.3. The van der Waals surface area contributed by atoms with Gasteiger partial charge in [-0.05, 0) is 33.3 Å². The number of carbonyl (C=O) groups excluding carboxylic acids is 1. The predicted molar refractivity (Wildman–Crippen MR) is 115 cm³/mol. The summed E-state index contributed by atoms with van der Waals surface area (Å²) in [5, 5.41) is 13.8. The van der Waals surface area contributed by atoms with Crippen molar-refractivity contribution >= 4 is 17.5 Å². The van der Waals surface area contributed by atoms with Crippen molar-refractivity contribution in [3.8, 4) is 0 Å². The molecule has 9 nitrogen and oxygen atoms in total. The quantitative estimate of drug-likeness (QED) is 0.598. The van der Waals surface area contributed by atoms with Gasteiger partial charge < -0.3 is 15.1 Å². The third kappa shape index (κ3) is 5.03. The Morgan fingerprint density at radius 1 is 1.13 bits per heavy atom. The van der Waals surface area contributed by atoms with Crippen molar-refractivity contribution in [2.75, 3.05) is 31.1 Å². The molecule has 2 heterocycles. The average molecular weight is 412 g/mol. The molecule has 0 radical (unpaired) electrons. The molecule has 1 aliphatic rings. The first-order valence-electron chi connectivity index (χ1n) is 10.1. The van der Waals surface area contributed by atoms with Crippen LogP contribution in [0.15, 0.2) is 24.3 Å². The minimum atomic E-state index is -0.398. The van der Waals surface area contributed by atoms with Crippen molar-refractivity contribution in [1.82, 2.24) is 20.2 Å². The standard InChI is InChI=1S/C21H28N6O3/c1-14(2)22-21(28)26-11-9-25(10-12-26)20-19(15(3)23-16(4)24-20)13-17-5-7-18(8-6-17)27(29)30/h5-8,14H,9-13H2,1-4H3,(H,22,28). The molecule has 0 aliphatic carbocycles. The molecule has 1 saturated heterocycles. The minimum absolute atomic E-state index is 0.0363. The number of carbonyl (C=O) groups is 1. The van der Waals surface area contributed by atoms with Crippen molar-refractivity contribution in [1.29, 1.82) is 0 Å². The Morgan fingerprint density at radius 3 is 2.33 bits per heavy atom. The Kier molecular flexibility index (Phi) is 6.49. The van der Waals surface area contributed by atoms with E-state index >= 15 is 0 Å². The lowest BCUT2D eigenvalue weighted by Crippen LogP contribution is -2.53. The lowest BCUT2D eigenvalue weighted by atomic mass is 10.0. The highest BCUT2D eigenvalue weighted by molar-refractivity contribution is 5.74. The zero-order valence-corrected chi connectivity index (χ0v) is 17.9. The highest BCUT2D eigenvalue weighted by Crippen LogP contribution is 2.26. The van der Waals surface area contributed by atoms with Crippen LogP contribution in [-0.4, -0.2) is 58.0 Å². The van der Waals surface area contributed by atoms with Crippen LogP contribution < -0.4 is 10.2 Å². The number of nitro groups is 1. The first kappa shape index (κ1) is 21.5. The molecule has 30 heavy (non-hydrogen) atoms. The Bertz CT molecular complexity index is 921. The summed E-state index contributed by atoms with van der Waals surface area (Å²) in [5.74, 6) is 1.58. The van der Waals surface area contributed by atoms with Crippen molar-refractivity contribution < 1.29 is 9.72 Å². The fourth-order valence-electron chi connectivity index (χ4n) is 3.59. The number of amides is 2. The van der Waals surface area contributed by atoms with E-state index < -0.39 is 4.92 Å². The molecule has 0 spiro atoms. The van der Waals surface area contributed by atoms with Crippen LogP contribution in [0.3, 0.4) is 0 Å². The van der Waals surface area contributed by atoms with Crippen LogP contribution in [0, 0.1) is 24.0 Å². The SMILES string of the molecule is Cc1nc(C)c(Cc2ccc([N+](=O)[O-])cc2)c(N2CCN(C(=O)NC(C)C)CC2)n1. The monoisotopic (exact) mass is 412 g/mol. The van der Waals surface area contributed by atoms with E-state index in [0.29, 0.717) is 38.4 Å². The smallest absolute Gasteiger partial charge is 0.317 e. The second-order valence-electron chi connectivity index (χ2n) is 7.84. The summed E-state index contributed by atoms with van der Waals surface area (Å²) in [6.07, 6.45) is 0.591. The molecule has 1 aromatic heterocycles. The topological polar surface area (TPSA) is 105 Å². The number of aryl methyl sites for hydroxylation is 2. The summed E-state index contributed by atoms with van der Waals surface area (Å²) in [4.78, 5) is 36.0. The van der Waals surface area contributed by atoms with Crippen molar-refractivity contribution in [2.24, 2.45) is 0 Å². The van der Waals surface area contributed by atoms with Gasteiger partial charge in [0, 0.05) is 62.0 Å². The van der Waals surface area contributed by atoms with Crippen LogP contribution in [0.2, 0.25) is 0 Å². The number of anilines is 1. The summed E-state index contributed by atoms with van der Waals surface area (Å²) in [7, 11) is 0. The van der Waals surface area contributed by atoms with Gasteiger partial charge in [0.15, 0.2) is 0 Å². The Morgan fingerprint density at radius 2 is 1.77 bits per heavy atom. The van der Waals surface area contributed by atoms with E-state index in [2.05, 4.69) is 15.2 Å². The summed E-state index contributed by atoms with van der Waals surface area (Å²) < 4.78 is 0. The van der Waals surface area contributed by atoms with Gasteiger partial charge in [0.25, 0.3) is 5.69 Å². The van der Waals surface area contributed by atoms with E-state index in [0.717, 1.165) is 22.6 Å². The fraction of sp³-hybridized carbons (Fsp3) is 0.476. The highest BCUT2D eigenvalue weighted by Gasteiger charge is 2.25. The normalized spacial score (nSPS) is 14.2. The number of urea groups is 1. The van der Waals surface area contributed by atoms with Crippen molar-refractivity contribution in [2.45, 2.75) is 40.2 Å². The second kappa shape index (κ2) is 9.06. The van der Waals surface area contributed by atoms with Crippen LogP contribution in [-0.2, 0) is 6.42 Å². The number of rotatable bonds is 5. The van der Waals surface area contributed by atoms with E-state index in [4.69, 9.17) is 4.98 Å². The number of hydrogen-bond donors (Lipinski definition) is 1. The molecule has 2 amide bonds. The Labute approximate surface area is 176 Å². The van der Waals surface area contributed by atoms with Gasteiger partial charge in [0.2, 0.25) is 0 Å². The van der Waals surface area contributed by atoms with Crippen LogP contribution in [0.25, 0.3) is 0 Å². The van der Waals surface area contributed by atoms with E-state index in [1.54, 1.807) is 12.1 Å². The molecule has 2 aromatic rings.